The first-order chi connectivity index (χ1) is 3.79. The summed E-state index contributed by atoms with van der Waals surface area (Å²) in [6, 6.07) is 0. The van der Waals surface area contributed by atoms with Crippen molar-refractivity contribution in [2.45, 2.75) is 0 Å². The Morgan fingerprint density at radius 2 is 2.50 bits per heavy atom. The molecule has 0 aliphatic carbocycles. The van der Waals surface area contributed by atoms with Crippen molar-refractivity contribution in [3.8, 4) is 0 Å². The zero-order valence-corrected chi connectivity index (χ0v) is 4.83. The van der Waals surface area contributed by atoms with E-state index in [0.29, 0.717) is 5.76 Å². The molecule has 0 fully saturated rings. The summed E-state index contributed by atoms with van der Waals surface area (Å²) >= 11 is 0. The number of hydrogen-bond acceptors (Lipinski definition) is 2. The lowest BCUT2D eigenvalue weighted by Crippen LogP contribution is -2.13. The maximum absolute atomic E-state index is 8.81. The number of likely N-dealkylation sites (N-methyl/N-ethyl adjacent to an activating group) is 1. The van der Waals surface area contributed by atoms with Crippen molar-refractivity contribution >= 4 is 0 Å². The Kier molecular flexibility index (Phi) is 1.24. The summed E-state index contributed by atoms with van der Waals surface area (Å²) in [7, 11) is 1.92. The molecule has 0 bridgehead atoms. The molecule has 44 valence electrons. The Balaban J connectivity index is 2.63. The predicted molar refractivity (Wildman–Crippen MR) is 32.5 cm³/mol. The normalized spacial score (nSPS) is 18.6. The van der Waals surface area contributed by atoms with Gasteiger partial charge in [-0.15, -0.1) is 0 Å². The van der Waals surface area contributed by atoms with Crippen molar-refractivity contribution in [1.29, 1.82) is 0 Å². The van der Waals surface area contributed by atoms with Crippen LogP contribution in [0.3, 0.4) is 0 Å². The molecule has 0 aromatic carbocycles. The van der Waals surface area contributed by atoms with Crippen LogP contribution >= 0.6 is 0 Å². The number of nitrogens with zero attached hydrogens (tertiary/aromatic N) is 1. The molecule has 1 aliphatic rings. The molecule has 2 heteroatoms. The third kappa shape index (κ3) is 1.03. The van der Waals surface area contributed by atoms with Crippen LogP contribution in [0.4, 0.5) is 0 Å². The Morgan fingerprint density at radius 1 is 1.75 bits per heavy atom. The lowest BCUT2D eigenvalue weighted by molar-refractivity contribution is 0.389. The molecule has 1 rings (SSSR count). The molecule has 0 unspecified atom stereocenters. The second-order valence-corrected chi connectivity index (χ2v) is 1.90. The maximum Gasteiger partial charge on any atom is 0.131 e. The topological polar surface area (TPSA) is 23.5 Å². The average molecular weight is 111 g/mol. The molecule has 0 aromatic rings. The smallest absolute Gasteiger partial charge is 0.131 e. The first-order valence-electron chi connectivity index (χ1n) is 2.56. The van der Waals surface area contributed by atoms with Crippen LogP contribution in [0.2, 0.25) is 0 Å². The van der Waals surface area contributed by atoms with Crippen LogP contribution in [0.25, 0.3) is 0 Å². The van der Waals surface area contributed by atoms with Crippen molar-refractivity contribution in [2.24, 2.45) is 0 Å². The molecule has 8 heavy (non-hydrogen) atoms. The molecule has 0 saturated heterocycles. The van der Waals surface area contributed by atoms with Gasteiger partial charge >= 0.3 is 0 Å². The van der Waals surface area contributed by atoms with Gasteiger partial charge in [0, 0.05) is 19.8 Å². The molecule has 0 spiro atoms. The fraction of sp³-hybridized carbons (Fsp3) is 0.333. The van der Waals surface area contributed by atoms with E-state index >= 15 is 0 Å². The number of hydrogen-bond donors (Lipinski definition) is 1. The quantitative estimate of drug-likeness (QED) is 0.501. The molecule has 0 radical (unpaired) electrons. The van der Waals surface area contributed by atoms with E-state index < -0.39 is 0 Å². The van der Waals surface area contributed by atoms with Gasteiger partial charge in [0.05, 0.1) is 0 Å². The molecular formula is C6H9NO. The van der Waals surface area contributed by atoms with Crippen LogP contribution in [-0.2, 0) is 0 Å². The van der Waals surface area contributed by atoms with Crippen molar-refractivity contribution in [2.75, 3.05) is 13.6 Å². The van der Waals surface area contributed by atoms with E-state index in [0.717, 1.165) is 6.54 Å². The number of rotatable bonds is 0. The van der Waals surface area contributed by atoms with Crippen LogP contribution in [-0.4, -0.2) is 23.6 Å². The molecule has 0 aromatic heterocycles. The second kappa shape index (κ2) is 1.90. The summed E-state index contributed by atoms with van der Waals surface area (Å²) in [6.45, 7) is 0.893. The average Bonchev–Trinajstić information content (AvgIpc) is 1.64. The van der Waals surface area contributed by atoms with E-state index in [1.807, 2.05) is 18.0 Å². The van der Waals surface area contributed by atoms with E-state index in [1.54, 1.807) is 12.3 Å². The van der Waals surface area contributed by atoms with Crippen molar-refractivity contribution in [3.63, 3.8) is 0 Å². The lowest BCUT2D eigenvalue weighted by Gasteiger charge is -2.13. The van der Waals surface area contributed by atoms with Gasteiger partial charge in [-0.2, -0.15) is 0 Å². The predicted octanol–water partition coefficient (Wildman–Crippen LogP) is 0.887. The molecule has 1 N–H and O–H groups in total. The first kappa shape index (κ1) is 5.22. The molecule has 1 aliphatic heterocycles. The number of aliphatic hydroxyl groups is 1. The van der Waals surface area contributed by atoms with E-state index in [1.165, 1.54) is 0 Å². The number of allylic oxidation sites excluding steroid dienone is 1. The largest absolute Gasteiger partial charge is 0.506 e. The summed E-state index contributed by atoms with van der Waals surface area (Å²) in [4.78, 5) is 1.91. The van der Waals surface area contributed by atoms with Crippen LogP contribution < -0.4 is 0 Å². The fourth-order valence-electron chi connectivity index (χ4n) is 0.661. The Morgan fingerprint density at radius 3 is 2.88 bits per heavy atom. The van der Waals surface area contributed by atoms with Crippen LogP contribution in [0.1, 0.15) is 0 Å². The molecule has 1 heterocycles. The van der Waals surface area contributed by atoms with Gasteiger partial charge in [0.15, 0.2) is 0 Å². The van der Waals surface area contributed by atoms with Crippen molar-refractivity contribution < 1.29 is 5.11 Å². The zero-order chi connectivity index (χ0) is 5.98. The highest BCUT2D eigenvalue weighted by Gasteiger charge is 1.95. The van der Waals surface area contributed by atoms with E-state index in [9.17, 15) is 0 Å². The van der Waals surface area contributed by atoms with Crippen molar-refractivity contribution in [1.82, 2.24) is 4.90 Å². The van der Waals surface area contributed by atoms with E-state index in [2.05, 4.69) is 0 Å². The SMILES string of the molecule is CN1C=C(O)C=CC1. The summed E-state index contributed by atoms with van der Waals surface area (Å²) in [6.07, 6.45) is 5.30. The molecule has 2 nitrogen and oxygen atoms in total. The monoisotopic (exact) mass is 111 g/mol. The molecule has 0 atom stereocenters. The summed E-state index contributed by atoms with van der Waals surface area (Å²) < 4.78 is 0. The summed E-state index contributed by atoms with van der Waals surface area (Å²) in [5.74, 6) is 0.332. The molecule has 0 saturated carbocycles. The minimum absolute atomic E-state index is 0.332. The third-order valence-corrected chi connectivity index (χ3v) is 1.03. The van der Waals surface area contributed by atoms with Gasteiger partial charge in [-0.1, -0.05) is 6.08 Å². The minimum Gasteiger partial charge on any atom is -0.506 e. The van der Waals surface area contributed by atoms with Gasteiger partial charge in [0.1, 0.15) is 5.76 Å². The van der Waals surface area contributed by atoms with Gasteiger partial charge in [-0.3, -0.25) is 0 Å². The Hall–Kier alpha value is -0.920. The Bertz CT molecular complexity index is 137. The van der Waals surface area contributed by atoms with Crippen LogP contribution in [0.5, 0.6) is 0 Å². The van der Waals surface area contributed by atoms with E-state index in [4.69, 9.17) is 5.11 Å². The van der Waals surface area contributed by atoms with Gasteiger partial charge in [0.25, 0.3) is 0 Å². The third-order valence-electron chi connectivity index (χ3n) is 1.03. The minimum atomic E-state index is 0.332. The van der Waals surface area contributed by atoms with Crippen molar-refractivity contribution in [3.05, 3.63) is 24.1 Å². The highest BCUT2D eigenvalue weighted by atomic mass is 16.3. The highest BCUT2D eigenvalue weighted by molar-refractivity contribution is 5.14. The van der Waals surface area contributed by atoms with Gasteiger partial charge in [-0.05, 0) is 6.08 Å². The highest BCUT2D eigenvalue weighted by Crippen LogP contribution is 1.99. The molecular weight excluding hydrogens is 102 g/mol. The number of aliphatic hydroxyl groups excluding tert-OH is 1. The summed E-state index contributed by atoms with van der Waals surface area (Å²) in [5.41, 5.74) is 0. The van der Waals surface area contributed by atoms with Gasteiger partial charge < -0.3 is 10.0 Å². The molecule has 0 amide bonds. The fourth-order valence-corrected chi connectivity index (χ4v) is 0.661. The van der Waals surface area contributed by atoms with Crippen LogP contribution in [0, 0.1) is 0 Å². The first-order valence-corrected chi connectivity index (χ1v) is 2.56. The Labute approximate surface area is 48.7 Å². The van der Waals surface area contributed by atoms with Gasteiger partial charge in [-0.25, -0.2) is 0 Å². The standard InChI is InChI=1S/C6H9NO/c1-7-4-2-3-6(8)5-7/h2-3,5,8H,4H2,1H3. The van der Waals surface area contributed by atoms with E-state index in [-0.39, 0.29) is 0 Å². The second-order valence-electron chi connectivity index (χ2n) is 1.90. The zero-order valence-electron chi connectivity index (χ0n) is 4.83. The maximum atomic E-state index is 8.81. The van der Waals surface area contributed by atoms with Gasteiger partial charge in [0.2, 0.25) is 0 Å². The summed E-state index contributed by atoms with van der Waals surface area (Å²) in [5, 5.41) is 8.81. The van der Waals surface area contributed by atoms with Crippen LogP contribution in [0.15, 0.2) is 24.1 Å². The lowest BCUT2D eigenvalue weighted by atomic mass is 10.3.